The van der Waals surface area contributed by atoms with Gasteiger partial charge in [0.2, 0.25) is 5.91 Å². The Morgan fingerprint density at radius 3 is 2.61 bits per heavy atom. The van der Waals surface area contributed by atoms with Gasteiger partial charge < -0.3 is 19.7 Å². The van der Waals surface area contributed by atoms with E-state index in [1.54, 1.807) is 53.4 Å². The second-order valence-corrected chi connectivity index (χ2v) is 8.13. The van der Waals surface area contributed by atoms with E-state index in [1.165, 1.54) is 12.0 Å². The maximum absolute atomic E-state index is 13.3. The second kappa shape index (κ2) is 11.2. The van der Waals surface area contributed by atoms with Crippen LogP contribution in [0.3, 0.4) is 0 Å². The van der Waals surface area contributed by atoms with Crippen LogP contribution < -0.4 is 19.7 Å². The van der Waals surface area contributed by atoms with E-state index in [2.05, 4.69) is 11.9 Å². The third-order valence-electron chi connectivity index (χ3n) is 5.03. The van der Waals surface area contributed by atoms with Crippen LogP contribution in [-0.2, 0) is 9.59 Å². The highest BCUT2D eigenvalue weighted by Crippen LogP contribution is 2.33. The molecule has 1 atom stereocenters. The van der Waals surface area contributed by atoms with Crippen LogP contribution in [0, 0.1) is 0 Å². The van der Waals surface area contributed by atoms with E-state index in [1.807, 2.05) is 6.92 Å². The minimum atomic E-state index is -0.761. The molecular weight excluding hydrogens is 462 g/mol. The molecule has 1 fully saturated rings. The van der Waals surface area contributed by atoms with Gasteiger partial charge in [-0.25, -0.2) is 0 Å². The zero-order valence-electron chi connectivity index (χ0n) is 18.5. The number of carbonyl (C=O) groups excluding carboxylic acids is 2. The van der Waals surface area contributed by atoms with Crippen molar-refractivity contribution in [3.63, 3.8) is 0 Å². The fourth-order valence-electron chi connectivity index (χ4n) is 3.45. The SMILES string of the molecule is C=CCN1C(=S)N(c2ccc(OC)c(Cl)c2)C(=O)[C@H]1CC(=O)Nc1ccc(OCCC)cc1. The van der Waals surface area contributed by atoms with E-state index in [-0.39, 0.29) is 23.3 Å². The summed E-state index contributed by atoms with van der Waals surface area (Å²) in [4.78, 5) is 29.1. The van der Waals surface area contributed by atoms with Crippen LogP contribution in [0.4, 0.5) is 11.4 Å². The lowest BCUT2D eigenvalue weighted by molar-refractivity contribution is -0.124. The number of benzene rings is 2. The Hall–Kier alpha value is -3.10. The van der Waals surface area contributed by atoms with Gasteiger partial charge in [-0.3, -0.25) is 14.5 Å². The van der Waals surface area contributed by atoms with Crippen molar-refractivity contribution in [2.24, 2.45) is 0 Å². The average Bonchev–Trinajstić information content (AvgIpc) is 3.02. The number of hydrogen-bond donors (Lipinski definition) is 1. The van der Waals surface area contributed by atoms with Gasteiger partial charge in [0.1, 0.15) is 17.5 Å². The topological polar surface area (TPSA) is 71.1 Å². The lowest BCUT2D eigenvalue weighted by Gasteiger charge is -2.22. The Morgan fingerprint density at radius 1 is 1.27 bits per heavy atom. The minimum absolute atomic E-state index is 0.0682. The Bertz CT molecular complexity index is 1040. The maximum Gasteiger partial charge on any atom is 0.256 e. The maximum atomic E-state index is 13.3. The molecule has 3 rings (SSSR count). The molecule has 0 bridgehead atoms. The molecule has 0 aliphatic carbocycles. The molecule has 7 nitrogen and oxygen atoms in total. The van der Waals surface area contributed by atoms with Crippen LogP contribution in [0.5, 0.6) is 11.5 Å². The lowest BCUT2D eigenvalue weighted by atomic mass is 10.1. The van der Waals surface area contributed by atoms with Crippen molar-refractivity contribution in [1.29, 1.82) is 0 Å². The van der Waals surface area contributed by atoms with Gasteiger partial charge in [0.15, 0.2) is 5.11 Å². The van der Waals surface area contributed by atoms with Crippen molar-refractivity contribution in [1.82, 2.24) is 4.90 Å². The molecule has 1 aliphatic rings. The van der Waals surface area contributed by atoms with Crippen LogP contribution in [0.1, 0.15) is 19.8 Å². The van der Waals surface area contributed by atoms with E-state index in [4.69, 9.17) is 33.3 Å². The molecule has 0 aromatic heterocycles. The number of carbonyl (C=O) groups is 2. The third kappa shape index (κ3) is 5.64. The lowest BCUT2D eigenvalue weighted by Crippen LogP contribution is -2.37. The van der Waals surface area contributed by atoms with Crippen LogP contribution in [0.25, 0.3) is 0 Å². The fourth-order valence-corrected chi connectivity index (χ4v) is 4.10. The van der Waals surface area contributed by atoms with Crippen molar-refractivity contribution >= 4 is 52.1 Å². The summed E-state index contributed by atoms with van der Waals surface area (Å²) in [5.74, 6) is 0.615. The molecule has 1 N–H and O–H groups in total. The van der Waals surface area contributed by atoms with Gasteiger partial charge in [-0.05, 0) is 61.1 Å². The zero-order chi connectivity index (χ0) is 24.0. The molecule has 0 spiro atoms. The van der Waals surface area contributed by atoms with Crippen LogP contribution >= 0.6 is 23.8 Å². The molecule has 33 heavy (non-hydrogen) atoms. The van der Waals surface area contributed by atoms with Crippen molar-refractivity contribution < 1.29 is 19.1 Å². The molecule has 2 amide bonds. The van der Waals surface area contributed by atoms with E-state index < -0.39 is 6.04 Å². The Kier molecular flexibility index (Phi) is 8.30. The van der Waals surface area contributed by atoms with E-state index in [0.29, 0.717) is 35.3 Å². The summed E-state index contributed by atoms with van der Waals surface area (Å²) in [6, 6.07) is 11.3. The summed E-state index contributed by atoms with van der Waals surface area (Å²) in [5.41, 5.74) is 1.13. The summed E-state index contributed by atoms with van der Waals surface area (Å²) in [5, 5.41) is 3.47. The highest BCUT2D eigenvalue weighted by atomic mass is 35.5. The number of hydrogen-bond acceptors (Lipinski definition) is 5. The number of nitrogens with one attached hydrogen (secondary N) is 1. The number of halogens is 1. The Morgan fingerprint density at radius 2 is 2.00 bits per heavy atom. The highest BCUT2D eigenvalue weighted by molar-refractivity contribution is 7.80. The highest BCUT2D eigenvalue weighted by Gasteiger charge is 2.43. The van der Waals surface area contributed by atoms with Gasteiger partial charge in [-0.2, -0.15) is 0 Å². The minimum Gasteiger partial charge on any atom is -0.495 e. The van der Waals surface area contributed by atoms with Crippen molar-refractivity contribution in [2.75, 3.05) is 30.5 Å². The summed E-state index contributed by atoms with van der Waals surface area (Å²) in [6.07, 6.45) is 2.49. The number of methoxy groups -OCH3 is 1. The van der Waals surface area contributed by atoms with Crippen LogP contribution in [0.2, 0.25) is 5.02 Å². The Labute approximate surface area is 203 Å². The van der Waals surface area contributed by atoms with Gasteiger partial charge >= 0.3 is 0 Å². The zero-order valence-corrected chi connectivity index (χ0v) is 20.1. The number of rotatable bonds is 10. The molecule has 1 aliphatic heterocycles. The Balaban J connectivity index is 1.74. The van der Waals surface area contributed by atoms with Crippen molar-refractivity contribution in [3.8, 4) is 11.5 Å². The summed E-state index contributed by atoms with van der Waals surface area (Å²) >= 11 is 11.8. The van der Waals surface area contributed by atoms with Gasteiger partial charge in [0.05, 0.1) is 30.8 Å². The van der Waals surface area contributed by atoms with Gasteiger partial charge in [-0.15, -0.1) is 6.58 Å². The van der Waals surface area contributed by atoms with E-state index in [0.717, 1.165) is 12.2 Å². The summed E-state index contributed by atoms with van der Waals surface area (Å²) in [6.45, 7) is 6.74. The molecular formula is C24H26ClN3O4S. The van der Waals surface area contributed by atoms with Gasteiger partial charge in [0, 0.05) is 12.2 Å². The molecule has 0 radical (unpaired) electrons. The van der Waals surface area contributed by atoms with Crippen molar-refractivity contribution in [3.05, 3.63) is 60.1 Å². The number of anilines is 2. The third-order valence-corrected chi connectivity index (χ3v) is 5.74. The predicted molar refractivity (Wildman–Crippen MR) is 134 cm³/mol. The molecule has 9 heteroatoms. The summed E-state index contributed by atoms with van der Waals surface area (Å²) in [7, 11) is 1.51. The number of thiocarbonyl (C=S) groups is 1. The molecule has 2 aromatic rings. The molecule has 2 aromatic carbocycles. The quantitative estimate of drug-likeness (QED) is 0.388. The van der Waals surface area contributed by atoms with Crippen LogP contribution in [-0.4, -0.2) is 48.1 Å². The first kappa shape index (κ1) is 24.5. The smallest absolute Gasteiger partial charge is 0.256 e. The fraction of sp³-hybridized carbons (Fsp3) is 0.292. The summed E-state index contributed by atoms with van der Waals surface area (Å²) < 4.78 is 10.7. The molecule has 0 saturated carbocycles. The van der Waals surface area contributed by atoms with E-state index in [9.17, 15) is 9.59 Å². The second-order valence-electron chi connectivity index (χ2n) is 7.36. The molecule has 174 valence electrons. The molecule has 0 unspecified atom stereocenters. The standard InChI is InChI=1S/C24H26ClN3O4S/c1-4-12-27-20(15-22(29)26-16-6-9-18(10-7-16)32-13-5-2)23(30)28(24(27)33)17-8-11-21(31-3)19(25)14-17/h4,6-11,14,20H,1,5,12-13,15H2,2-3H3,(H,26,29)/t20-/m1/s1. The van der Waals surface area contributed by atoms with Gasteiger partial charge in [0.25, 0.3) is 5.91 Å². The number of nitrogens with zero attached hydrogens (tertiary/aromatic N) is 2. The van der Waals surface area contributed by atoms with Gasteiger partial charge in [-0.1, -0.05) is 24.6 Å². The number of amides is 2. The first-order valence-corrected chi connectivity index (χ1v) is 11.3. The molecule has 1 heterocycles. The van der Waals surface area contributed by atoms with E-state index >= 15 is 0 Å². The van der Waals surface area contributed by atoms with Crippen LogP contribution in [0.15, 0.2) is 55.1 Å². The first-order chi connectivity index (χ1) is 15.9. The average molecular weight is 488 g/mol. The van der Waals surface area contributed by atoms with Crippen molar-refractivity contribution in [2.45, 2.75) is 25.8 Å². The predicted octanol–water partition coefficient (Wildman–Crippen LogP) is 4.65. The largest absolute Gasteiger partial charge is 0.495 e. The first-order valence-electron chi connectivity index (χ1n) is 10.5. The normalized spacial score (nSPS) is 15.5. The number of ether oxygens (including phenoxy) is 2. The molecule has 1 saturated heterocycles. The monoisotopic (exact) mass is 487 g/mol.